The van der Waals surface area contributed by atoms with Crippen molar-refractivity contribution >= 4 is 23.6 Å². The summed E-state index contributed by atoms with van der Waals surface area (Å²) in [5, 5.41) is 5.99. The fourth-order valence-electron chi connectivity index (χ4n) is 1.43. The third-order valence-electron chi connectivity index (χ3n) is 2.39. The molecule has 0 radical (unpaired) electrons. The number of carbonyl (C=O) groups excluding carboxylic acids is 1. The van der Waals surface area contributed by atoms with Crippen molar-refractivity contribution in [2.24, 2.45) is 0 Å². The normalized spacial score (nSPS) is 10.2. The second-order valence-corrected chi connectivity index (χ2v) is 5.21. The lowest BCUT2D eigenvalue weighted by atomic mass is 10.4. The SMILES string of the molecule is COCCCNC(=O)CSCCCNc1ncccn1. The standard InChI is InChI=1S/C13H22N4O2S/c1-19-9-3-7-14-12(18)11-20-10-4-8-17-13-15-5-2-6-16-13/h2,5-6H,3-4,7-11H2,1H3,(H,14,18)(H,15,16,17). The number of methoxy groups -OCH3 is 1. The van der Waals surface area contributed by atoms with Gasteiger partial charge < -0.3 is 15.4 Å². The Balaban J connectivity index is 1.90. The van der Waals surface area contributed by atoms with E-state index in [1.54, 1.807) is 37.3 Å². The molecular formula is C13H22N4O2S. The van der Waals surface area contributed by atoms with Crippen LogP contribution in [0.2, 0.25) is 0 Å². The van der Waals surface area contributed by atoms with Crippen molar-refractivity contribution in [3.05, 3.63) is 18.5 Å². The zero-order valence-electron chi connectivity index (χ0n) is 11.8. The maximum Gasteiger partial charge on any atom is 0.229 e. The van der Waals surface area contributed by atoms with E-state index in [0.29, 0.717) is 24.9 Å². The first-order valence-electron chi connectivity index (χ1n) is 6.67. The van der Waals surface area contributed by atoms with Gasteiger partial charge in [0.15, 0.2) is 0 Å². The quantitative estimate of drug-likeness (QED) is 0.597. The fraction of sp³-hybridized carbons (Fsp3) is 0.615. The molecule has 0 fully saturated rings. The molecule has 0 unspecified atom stereocenters. The molecule has 0 saturated carbocycles. The van der Waals surface area contributed by atoms with Gasteiger partial charge in [-0.25, -0.2) is 9.97 Å². The van der Waals surface area contributed by atoms with Crippen molar-refractivity contribution in [3.8, 4) is 0 Å². The highest BCUT2D eigenvalue weighted by Crippen LogP contribution is 2.02. The highest BCUT2D eigenvalue weighted by Gasteiger charge is 2.00. The van der Waals surface area contributed by atoms with Gasteiger partial charge in [-0.15, -0.1) is 0 Å². The number of hydrogen-bond donors (Lipinski definition) is 2. The molecule has 1 rings (SSSR count). The highest BCUT2D eigenvalue weighted by atomic mass is 32.2. The number of carbonyl (C=O) groups is 1. The summed E-state index contributed by atoms with van der Waals surface area (Å²) in [6, 6.07) is 1.78. The topological polar surface area (TPSA) is 76.1 Å². The summed E-state index contributed by atoms with van der Waals surface area (Å²) in [5.41, 5.74) is 0. The molecule has 0 aliphatic carbocycles. The predicted octanol–water partition coefficient (Wildman–Crippen LogP) is 1.16. The van der Waals surface area contributed by atoms with E-state index in [1.807, 2.05) is 0 Å². The number of amides is 1. The summed E-state index contributed by atoms with van der Waals surface area (Å²) in [6.45, 7) is 2.17. The monoisotopic (exact) mass is 298 g/mol. The highest BCUT2D eigenvalue weighted by molar-refractivity contribution is 7.99. The van der Waals surface area contributed by atoms with E-state index in [0.717, 1.165) is 25.1 Å². The third kappa shape index (κ3) is 8.71. The second-order valence-electron chi connectivity index (χ2n) is 4.10. The molecule has 0 saturated heterocycles. The molecule has 20 heavy (non-hydrogen) atoms. The van der Waals surface area contributed by atoms with Crippen LogP contribution in [0.15, 0.2) is 18.5 Å². The first-order valence-corrected chi connectivity index (χ1v) is 7.82. The Kier molecular flexibility index (Phi) is 9.60. The molecule has 0 bridgehead atoms. The van der Waals surface area contributed by atoms with Gasteiger partial charge in [0.05, 0.1) is 5.75 Å². The summed E-state index contributed by atoms with van der Waals surface area (Å²) in [5.74, 6) is 2.18. The zero-order valence-corrected chi connectivity index (χ0v) is 12.6. The van der Waals surface area contributed by atoms with Crippen LogP contribution in [0.25, 0.3) is 0 Å². The van der Waals surface area contributed by atoms with Crippen LogP contribution in [-0.2, 0) is 9.53 Å². The van der Waals surface area contributed by atoms with Gasteiger partial charge in [0.1, 0.15) is 0 Å². The molecule has 1 aromatic heterocycles. The minimum Gasteiger partial charge on any atom is -0.385 e. The number of nitrogens with zero attached hydrogens (tertiary/aromatic N) is 2. The van der Waals surface area contributed by atoms with Gasteiger partial charge in [0, 0.05) is 39.2 Å². The molecule has 1 aromatic rings. The van der Waals surface area contributed by atoms with Crippen LogP contribution >= 0.6 is 11.8 Å². The summed E-state index contributed by atoms with van der Waals surface area (Å²) in [6.07, 6.45) is 5.24. The average molecular weight is 298 g/mol. The maximum absolute atomic E-state index is 11.5. The molecule has 0 spiro atoms. The molecule has 0 aromatic carbocycles. The van der Waals surface area contributed by atoms with Gasteiger partial charge >= 0.3 is 0 Å². The number of ether oxygens (including phenoxy) is 1. The van der Waals surface area contributed by atoms with Gasteiger partial charge in [-0.05, 0) is 24.7 Å². The molecule has 7 heteroatoms. The summed E-state index contributed by atoms with van der Waals surface area (Å²) >= 11 is 1.64. The molecule has 6 nitrogen and oxygen atoms in total. The fourth-order valence-corrected chi connectivity index (χ4v) is 2.21. The average Bonchev–Trinajstić information content (AvgIpc) is 2.48. The molecular weight excluding hydrogens is 276 g/mol. The van der Waals surface area contributed by atoms with Crippen molar-refractivity contribution in [2.45, 2.75) is 12.8 Å². The Morgan fingerprint density at radius 2 is 2.10 bits per heavy atom. The van der Waals surface area contributed by atoms with Crippen LogP contribution in [-0.4, -0.2) is 54.2 Å². The summed E-state index contributed by atoms with van der Waals surface area (Å²) < 4.78 is 4.91. The Hall–Kier alpha value is -1.34. The van der Waals surface area contributed by atoms with E-state index >= 15 is 0 Å². The van der Waals surface area contributed by atoms with Crippen molar-refractivity contribution in [2.75, 3.05) is 43.6 Å². The van der Waals surface area contributed by atoms with E-state index in [-0.39, 0.29) is 5.91 Å². The summed E-state index contributed by atoms with van der Waals surface area (Å²) in [7, 11) is 1.66. The molecule has 1 amide bonds. The van der Waals surface area contributed by atoms with E-state index < -0.39 is 0 Å². The van der Waals surface area contributed by atoms with Gasteiger partial charge in [-0.1, -0.05) is 0 Å². The van der Waals surface area contributed by atoms with Crippen LogP contribution in [0.4, 0.5) is 5.95 Å². The van der Waals surface area contributed by atoms with Crippen LogP contribution in [0.3, 0.4) is 0 Å². The first kappa shape index (κ1) is 16.7. The van der Waals surface area contributed by atoms with Gasteiger partial charge in [-0.3, -0.25) is 4.79 Å². The Morgan fingerprint density at radius 1 is 1.30 bits per heavy atom. The van der Waals surface area contributed by atoms with E-state index in [4.69, 9.17) is 4.74 Å². The minimum atomic E-state index is 0.0884. The maximum atomic E-state index is 11.5. The van der Waals surface area contributed by atoms with Gasteiger partial charge in [0.25, 0.3) is 0 Å². The largest absolute Gasteiger partial charge is 0.385 e. The number of nitrogens with one attached hydrogen (secondary N) is 2. The molecule has 0 aliphatic heterocycles. The number of rotatable bonds is 11. The lowest BCUT2D eigenvalue weighted by molar-refractivity contribution is -0.118. The van der Waals surface area contributed by atoms with Crippen molar-refractivity contribution in [3.63, 3.8) is 0 Å². The van der Waals surface area contributed by atoms with Crippen LogP contribution in [0, 0.1) is 0 Å². The second kappa shape index (κ2) is 11.5. The van der Waals surface area contributed by atoms with Gasteiger partial charge in [0.2, 0.25) is 11.9 Å². The van der Waals surface area contributed by atoms with Crippen LogP contribution in [0.1, 0.15) is 12.8 Å². The van der Waals surface area contributed by atoms with E-state index in [9.17, 15) is 4.79 Å². The molecule has 0 atom stereocenters. The molecule has 2 N–H and O–H groups in total. The van der Waals surface area contributed by atoms with Crippen LogP contribution < -0.4 is 10.6 Å². The first-order chi connectivity index (χ1) is 9.83. The van der Waals surface area contributed by atoms with Crippen molar-refractivity contribution in [1.29, 1.82) is 0 Å². The van der Waals surface area contributed by atoms with Gasteiger partial charge in [-0.2, -0.15) is 11.8 Å². The number of hydrogen-bond acceptors (Lipinski definition) is 6. The number of thioether (sulfide) groups is 1. The lowest BCUT2D eigenvalue weighted by Gasteiger charge is -2.05. The predicted molar refractivity (Wildman–Crippen MR) is 82.0 cm³/mol. The zero-order chi connectivity index (χ0) is 14.5. The van der Waals surface area contributed by atoms with Crippen molar-refractivity contribution in [1.82, 2.24) is 15.3 Å². The third-order valence-corrected chi connectivity index (χ3v) is 3.44. The minimum absolute atomic E-state index is 0.0884. The Labute approximate surface area is 124 Å². The summed E-state index contributed by atoms with van der Waals surface area (Å²) in [4.78, 5) is 19.6. The molecule has 0 aliphatic rings. The molecule has 1 heterocycles. The Morgan fingerprint density at radius 3 is 2.85 bits per heavy atom. The van der Waals surface area contributed by atoms with Crippen molar-refractivity contribution < 1.29 is 9.53 Å². The number of anilines is 1. The number of aromatic nitrogens is 2. The van der Waals surface area contributed by atoms with E-state index in [1.165, 1.54) is 0 Å². The lowest BCUT2D eigenvalue weighted by Crippen LogP contribution is -2.27. The Bertz CT molecular complexity index is 365. The molecule has 112 valence electrons. The van der Waals surface area contributed by atoms with Crippen LogP contribution in [0.5, 0.6) is 0 Å². The smallest absolute Gasteiger partial charge is 0.229 e. The van der Waals surface area contributed by atoms with E-state index in [2.05, 4.69) is 20.6 Å².